The van der Waals surface area contributed by atoms with Crippen LogP contribution in [0.2, 0.25) is 0 Å². The minimum absolute atomic E-state index is 0.331. The van der Waals surface area contributed by atoms with E-state index in [4.69, 9.17) is 0 Å². The summed E-state index contributed by atoms with van der Waals surface area (Å²) in [4.78, 5) is 0. The molecule has 0 amide bonds. The van der Waals surface area contributed by atoms with Gasteiger partial charge in [-0.05, 0) is 76.7 Å². The summed E-state index contributed by atoms with van der Waals surface area (Å²) in [5.41, 5.74) is 7.89. The van der Waals surface area contributed by atoms with E-state index in [9.17, 15) is 0 Å². The maximum Gasteiger partial charge on any atom is 0.0215 e. The average molecular weight is 360 g/mol. The third-order valence-electron chi connectivity index (χ3n) is 4.94. The monoisotopic (exact) mass is 360 g/mol. The van der Waals surface area contributed by atoms with Crippen molar-refractivity contribution in [1.82, 2.24) is 0 Å². The molecule has 0 nitrogen and oxygen atoms in total. The van der Waals surface area contributed by atoms with Crippen molar-refractivity contribution in [3.8, 4) is 11.1 Å². The van der Waals surface area contributed by atoms with Gasteiger partial charge in [0.1, 0.15) is 0 Å². The molecule has 2 aromatic carbocycles. The molecule has 0 N–H and O–H groups in total. The first kappa shape index (κ1) is 12.0. The fourth-order valence-corrected chi connectivity index (χ4v) is 4.59. The van der Waals surface area contributed by atoms with Crippen LogP contribution in [0.15, 0.2) is 36.4 Å². The van der Waals surface area contributed by atoms with Crippen molar-refractivity contribution in [3.63, 3.8) is 0 Å². The highest BCUT2D eigenvalue weighted by atomic mass is 127. The van der Waals surface area contributed by atoms with E-state index in [1.807, 2.05) is 0 Å². The second kappa shape index (κ2) is 4.08. The molecule has 0 radical (unpaired) electrons. The van der Waals surface area contributed by atoms with Gasteiger partial charge in [0.2, 0.25) is 0 Å². The van der Waals surface area contributed by atoms with Crippen LogP contribution in [-0.2, 0) is 5.41 Å². The lowest BCUT2D eigenvalue weighted by Crippen LogP contribution is -2.20. The van der Waals surface area contributed by atoms with Crippen molar-refractivity contribution in [1.29, 1.82) is 0 Å². The SMILES string of the molecule is Cc1ccc2c(c1)C1(CCCC1)c1cc(I)ccc1-2. The zero-order valence-corrected chi connectivity index (χ0v) is 13.3. The van der Waals surface area contributed by atoms with Gasteiger partial charge in [0.15, 0.2) is 0 Å². The molecule has 1 saturated carbocycles. The number of hydrogen-bond acceptors (Lipinski definition) is 0. The highest BCUT2D eigenvalue weighted by molar-refractivity contribution is 14.1. The molecule has 1 fully saturated rings. The minimum atomic E-state index is 0.331. The summed E-state index contributed by atoms with van der Waals surface area (Å²) in [6.45, 7) is 2.22. The summed E-state index contributed by atoms with van der Waals surface area (Å²) in [5, 5.41) is 0. The van der Waals surface area contributed by atoms with Crippen molar-refractivity contribution in [2.24, 2.45) is 0 Å². The van der Waals surface area contributed by atoms with Crippen LogP contribution in [0.1, 0.15) is 42.4 Å². The maximum atomic E-state index is 2.45. The zero-order chi connectivity index (χ0) is 13.0. The minimum Gasteiger partial charge on any atom is -0.0587 e. The molecule has 0 unspecified atom stereocenters. The molecule has 0 aromatic heterocycles. The zero-order valence-electron chi connectivity index (χ0n) is 11.2. The van der Waals surface area contributed by atoms with E-state index in [0.29, 0.717) is 5.41 Å². The van der Waals surface area contributed by atoms with Crippen LogP contribution in [-0.4, -0.2) is 0 Å². The normalized spacial score (nSPS) is 18.6. The molecular formula is C18H17I. The quantitative estimate of drug-likeness (QED) is 0.549. The summed E-state index contributed by atoms with van der Waals surface area (Å²) in [5.74, 6) is 0. The highest BCUT2D eigenvalue weighted by Gasteiger charge is 2.44. The van der Waals surface area contributed by atoms with Crippen LogP contribution < -0.4 is 0 Å². The van der Waals surface area contributed by atoms with E-state index in [-0.39, 0.29) is 0 Å². The highest BCUT2D eigenvalue weighted by Crippen LogP contribution is 2.57. The molecule has 96 valence electrons. The van der Waals surface area contributed by atoms with Gasteiger partial charge in [0.25, 0.3) is 0 Å². The molecule has 0 aliphatic heterocycles. The summed E-state index contributed by atoms with van der Waals surface area (Å²) >= 11 is 2.45. The van der Waals surface area contributed by atoms with Crippen LogP contribution >= 0.6 is 22.6 Å². The third-order valence-corrected chi connectivity index (χ3v) is 5.61. The smallest absolute Gasteiger partial charge is 0.0215 e. The summed E-state index contributed by atoms with van der Waals surface area (Å²) in [7, 11) is 0. The van der Waals surface area contributed by atoms with Gasteiger partial charge in [-0.15, -0.1) is 0 Å². The molecule has 19 heavy (non-hydrogen) atoms. The molecule has 2 aliphatic rings. The van der Waals surface area contributed by atoms with E-state index < -0.39 is 0 Å². The van der Waals surface area contributed by atoms with Crippen molar-refractivity contribution >= 4 is 22.6 Å². The van der Waals surface area contributed by atoms with Gasteiger partial charge in [-0.1, -0.05) is 42.7 Å². The average Bonchev–Trinajstić information content (AvgIpc) is 2.97. The standard InChI is InChI=1S/C18H17I/c1-12-4-6-14-15-7-5-13(19)11-17(15)18(16(14)10-12)8-2-3-9-18/h4-7,10-11H,2-3,8-9H2,1H3. The molecule has 0 heterocycles. The Hall–Kier alpha value is -0.830. The van der Waals surface area contributed by atoms with Gasteiger partial charge in [0.05, 0.1) is 0 Å². The Morgan fingerprint density at radius 1 is 0.895 bits per heavy atom. The molecular weight excluding hydrogens is 343 g/mol. The Bertz CT molecular complexity index is 610. The predicted molar refractivity (Wildman–Crippen MR) is 88.6 cm³/mol. The summed E-state index contributed by atoms with van der Waals surface area (Å²) in [6.07, 6.45) is 5.41. The number of halogens is 1. The molecule has 1 spiro atoms. The summed E-state index contributed by atoms with van der Waals surface area (Å²) < 4.78 is 1.37. The Labute approximate surface area is 128 Å². The lowest BCUT2D eigenvalue weighted by molar-refractivity contribution is 0.549. The second-order valence-electron chi connectivity index (χ2n) is 6.03. The Morgan fingerprint density at radius 3 is 2.26 bits per heavy atom. The van der Waals surface area contributed by atoms with Crippen molar-refractivity contribution < 1.29 is 0 Å². The van der Waals surface area contributed by atoms with Crippen LogP contribution in [0.4, 0.5) is 0 Å². The van der Waals surface area contributed by atoms with Crippen molar-refractivity contribution in [2.75, 3.05) is 0 Å². The number of benzene rings is 2. The van der Waals surface area contributed by atoms with E-state index >= 15 is 0 Å². The molecule has 0 atom stereocenters. The predicted octanol–water partition coefficient (Wildman–Crippen LogP) is 5.44. The van der Waals surface area contributed by atoms with Crippen LogP contribution in [0.3, 0.4) is 0 Å². The topological polar surface area (TPSA) is 0 Å². The van der Waals surface area contributed by atoms with Crippen LogP contribution in [0.5, 0.6) is 0 Å². The second-order valence-corrected chi connectivity index (χ2v) is 7.27. The first-order chi connectivity index (χ1) is 9.21. The molecule has 2 aromatic rings. The van der Waals surface area contributed by atoms with Crippen LogP contribution in [0, 0.1) is 10.5 Å². The first-order valence-electron chi connectivity index (χ1n) is 7.12. The van der Waals surface area contributed by atoms with Crippen molar-refractivity contribution in [2.45, 2.75) is 38.0 Å². The lowest BCUT2D eigenvalue weighted by atomic mass is 9.76. The number of rotatable bonds is 0. The van der Waals surface area contributed by atoms with Crippen LogP contribution in [0.25, 0.3) is 11.1 Å². The van der Waals surface area contributed by atoms with Gasteiger partial charge in [-0.2, -0.15) is 0 Å². The fraction of sp³-hybridized carbons (Fsp3) is 0.333. The largest absolute Gasteiger partial charge is 0.0587 e. The molecule has 1 heteroatoms. The third kappa shape index (κ3) is 1.57. The lowest BCUT2D eigenvalue weighted by Gasteiger charge is -2.26. The molecule has 2 aliphatic carbocycles. The van der Waals surface area contributed by atoms with Gasteiger partial charge in [-0.25, -0.2) is 0 Å². The van der Waals surface area contributed by atoms with Gasteiger partial charge < -0.3 is 0 Å². The number of hydrogen-bond donors (Lipinski definition) is 0. The first-order valence-corrected chi connectivity index (χ1v) is 8.20. The van der Waals surface area contributed by atoms with Crippen molar-refractivity contribution in [3.05, 3.63) is 56.7 Å². The maximum absolute atomic E-state index is 2.45. The summed E-state index contributed by atoms with van der Waals surface area (Å²) in [6, 6.07) is 14.0. The Balaban J connectivity index is 2.07. The molecule has 0 bridgehead atoms. The Kier molecular flexibility index (Phi) is 2.57. The number of fused-ring (bicyclic) bond motifs is 5. The van der Waals surface area contributed by atoms with Gasteiger partial charge in [0, 0.05) is 8.99 Å². The van der Waals surface area contributed by atoms with Gasteiger partial charge >= 0.3 is 0 Å². The van der Waals surface area contributed by atoms with Gasteiger partial charge in [-0.3, -0.25) is 0 Å². The van der Waals surface area contributed by atoms with E-state index in [1.54, 1.807) is 11.1 Å². The number of aryl methyl sites for hydroxylation is 1. The molecule has 4 rings (SSSR count). The molecule has 0 saturated heterocycles. The van der Waals surface area contributed by atoms with E-state index in [2.05, 4.69) is 65.9 Å². The van der Waals surface area contributed by atoms with E-state index in [0.717, 1.165) is 0 Å². The fourth-order valence-electron chi connectivity index (χ4n) is 4.10. The Morgan fingerprint density at radius 2 is 1.53 bits per heavy atom. The van der Waals surface area contributed by atoms with E-state index in [1.165, 1.54) is 45.9 Å².